The van der Waals surface area contributed by atoms with E-state index in [4.69, 9.17) is 5.73 Å². The summed E-state index contributed by atoms with van der Waals surface area (Å²) in [4.78, 5) is 6.85. The van der Waals surface area contributed by atoms with Gasteiger partial charge in [-0.3, -0.25) is 9.88 Å². The largest absolute Gasteiger partial charge is 0.330 e. The molecule has 0 fully saturated rings. The lowest BCUT2D eigenvalue weighted by molar-refractivity contribution is 0.208. The highest BCUT2D eigenvalue weighted by Crippen LogP contribution is 2.10. The van der Waals surface area contributed by atoms with Crippen LogP contribution in [0.25, 0.3) is 0 Å². The smallest absolute Gasteiger partial charge is 0.0573 e. The van der Waals surface area contributed by atoms with E-state index in [1.807, 2.05) is 12.3 Å². The molecule has 0 spiro atoms. The third kappa shape index (κ3) is 3.91. The van der Waals surface area contributed by atoms with Crippen molar-refractivity contribution in [2.75, 3.05) is 13.1 Å². The highest BCUT2D eigenvalue weighted by molar-refractivity contribution is 5.17. The first-order valence-electron chi connectivity index (χ1n) is 5.99. The van der Waals surface area contributed by atoms with Crippen LogP contribution in [0.15, 0.2) is 18.3 Å². The Balaban J connectivity index is 2.64. The summed E-state index contributed by atoms with van der Waals surface area (Å²) >= 11 is 0. The summed E-state index contributed by atoms with van der Waals surface area (Å²) in [6.07, 6.45) is 2.91. The van der Waals surface area contributed by atoms with Crippen LogP contribution >= 0.6 is 0 Å². The van der Waals surface area contributed by atoms with Gasteiger partial charge in [-0.1, -0.05) is 6.07 Å². The molecule has 0 bridgehead atoms. The zero-order valence-electron chi connectivity index (χ0n) is 10.6. The van der Waals surface area contributed by atoms with Crippen molar-refractivity contribution in [2.24, 2.45) is 5.73 Å². The standard InChI is InChI=1S/C13H23N3/c1-11(2)16(9-5-7-14)10-13-12(3)6-4-8-15-13/h4,6,8,11H,5,7,9-10,14H2,1-3H3. The quantitative estimate of drug-likeness (QED) is 0.798. The Bertz CT molecular complexity index is 310. The molecule has 3 heteroatoms. The molecule has 16 heavy (non-hydrogen) atoms. The van der Waals surface area contributed by atoms with Gasteiger partial charge < -0.3 is 5.73 Å². The van der Waals surface area contributed by atoms with Crippen LogP contribution in [0.4, 0.5) is 0 Å². The maximum atomic E-state index is 5.56. The molecule has 0 saturated heterocycles. The molecular weight excluding hydrogens is 198 g/mol. The van der Waals surface area contributed by atoms with E-state index < -0.39 is 0 Å². The van der Waals surface area contributed by atoms with E-state index in [2.05, 4.69) is 36.7 Å². The number of pyridine rings is 1. The van der Waals surface area contributed by atoms with Crippen LogP contribution < -0.4 is 5.73 Å². The highest BCUT2D eigenvalue weighted by Gasteiger charge is 2.11. The van der Waals surface area contributed by atoms with Crippen LogP contribution in [0.5, 0.6) is 0 Å². The summed E-state index contributed by atoms with van der Waals surface area (Å²) in [6.45, 7) is 9.27. The Hall–Kier alpha value is -0.930. The predicted molar refractivity (Wildman–Crippen MR) is 68.2 cm³/mol. The molecule has 1 aromatic heterocycles. The number of aromatic nitrogens is 1. The van der Waals surface area contributed by atoms with Crippen molar-refractivity contribution in [3.8, 4) is 0 Å². The minimum atomic E-state index is 0.535. The molecule has 0 aliphatic rings. The van der Waals surface area contributed by atoms with Gasteiger partial charge in [0.25, 0.3) is 0 Å². The van der Waals surface area contributed by atoms with E-state index in [1.165, 1.54) is 11.3 Å². The molecule has 90 valence electrons. The monoisotopic (exact) mass is 221 g/mol. The average molecular weight is 221 g/mol. The molecule has 1 rings (SSSR count). The third-order valence-electron chi connectivity index (χ3n) is 2.85. The van der Waals surface area contributed by atoms with Crippen molar-refractivity contribution in [3.63, 3.8) is 0 Å². The number of aryl methyl sites for hydroxylation is 1. The molecule has 0 saturated carbocycles. The topological polar surface area (TPSA) is 42.2 Å². The first-order valence-corrected chi connectivity index (χ1v) is 5.99. The predicted octanol–water partition coefficient (Wildman–Crippen LogP) is 1.95. The van der Waals surface area contributed by atoms with Crippen LogP contribution in [0, 0.1) is 6.92 Å². The van der Waals surface area contributed by atoms with Crippen LogP contribution in [0.2, 0.25) is 0 Å². The Kier molecular flexibility index (Phi) is 5.43. The van der Waals surface area contributed by atoms with Gasteiger partial charge >= 0.3 is 0 Å². The van der Waals surface area contributed by atoms with Gasteiger partial charge in [-0.15, -0.1) is 0 Å². The number of nitrogens with zero attached hydrogens (tertiary/aromatic N) is 2. The Morgan fingerprint density at radius 3 is 2.75 bits per heavy atom. The maximum absolute atomic E-state index is 5.56. The molecule has 0 aliphatic carbocycles. The molecule has 3 nitrogen and oxygen atoms in total. The minimum absolute atomic E-state index is 0.535. The van der Waals surface area contributed by atoms with Gasteiger partial charge in [0.1, 0.15) is 0 Å². The van der Waals surface area contributed by atoms with Crippen molar-refractivity contribution in [3.05, 3.63) is 29.6 Å². The summed E-state index contributed by atoms with van der Waals surface area (Å²) in [5.41, 5.74) is 8.00. The molecule has 0 aromatic carbocycles. The second-order valence-corrected chi connectivity index (χ2v) is 4.47. The fourth-order valence-corrected chi connectivity index (χ4v) is 1.69. The fourth-order valence-electron chi connectivity index (χ4n) is 1.69. The van der Waals surface area contributed by atoms with Crippen LogP contribution in [-0.4, -0.2) is 29.0 Å². The van der Waals surface area contributed by atoms with Gasteiger partial charge in [0.05, 0.1) is 5.69 Å². The van der Waals surface area contributed by atoms with Crippen LogP contribution in [0.3, 0.4) is 0 Å². The van der Waals surface area contributed by atoms with Gasteiger partial charge in [0, 0.05) is 25.3 Å². The van der Waals surface area contributed by atoms with Crippen LogP contribution in [-0.2, 0) is 6.54 Å². The number of hydrogen-bond donors (Lipinski definition) is 1. The summed E-state index contributed by atoms with van der Waals surface area (Å²) in [5.74, 6) is 0. The lowest BCUT2D eigenvalue weighted by Gasteiger charge is -2.26. The molecule has 0 radical (unpaired) electrons. The molecule has 0 amide bonds. The summed E-state index contributed by atoms with van der Waals surface area (Å²) in [6, 6.07) is 4.63. The van der Waals surface area contributed by atoms with Gasteiger partial charge in [0.15, 0.2) is 0 Å². The zero-order valence-corrected chi connectivity index (χ0v) is 10.6. The molecule has 1 aromatic rings. The van der Waals surface area contributed by atoms with E-state index in [1.54, 1.807) is 0 Å². The Morgan fingerprint density at radius 1 is 1.44 bits per heavy atom. The second-order valence-electron chi connectivity index (χ2n) is 4.47. The maximum Gasteiger partial charge on any atom is 0.0573 e. The number of hydrogen-bond acceptors (Lipinski definition) is 3. The molecule has 0 atom stereocenters. The van der Waals surface area contributed by atoms with Gasteiger partial charge in [-0.05, 0) is 45.4 Å². The van der Waals surface area contributed by atoms with Crippen molar-refractivity contribution >= 4 is 0 Å². The van der Waals surface area contributed by atoms with Gasteiger partial charge in [-0.2, -0.15) is 0 Å². The van der Waals surface area contributed by atoms with Crippen molar-refractivity contribution in [1.29, 1.82) is 0 Å². The normalized spacial score (nSPS) is 11.4. The second kappa shape index (κ2) is 6.61. The fraction of sp³-hybridized carbons (Fsp3) is 0.615. The van der Waals surface area contributed by atoms with Crippen molar-refractivity contribution in [1.82, 2.24) is 9.88 Å². The first-order chi connectivity index (χ1) is 7.65. The van der Waals surface area contributed by atoms with E-state index in [9.17, 15) is 0 Å². The lowest BCUT2D eigenvalue weighted by atomic mass is 10.2. The Morgan fingerprint density at radius 2 is 2.19 bits per heavy atom. The highest BCUT2D eigenvalue weighted by atomic mass is 15.1. The molecule has 2 N–H and O–H groups in total. The van der Waals surface area contributed by atoms with Gasteiger partial charge in [-0.25, -0.2) is 0 Å². The van der Waals surface area contributed by atoms with E-state index >= 15 is 0 Å². The van der Waals surface area contributed by atoms with E-state index in [0.717, 1.165) is 26.1 Å². The molecule has 0 aliphatic heterocycles. The number of rotatable bonds is 6. The summed E-state index contributed by atoms with van der Waals surface area (Å²) in [7, 11) is 0. The van der Waals surface area contributed by atoms with Crippen molar-refractivity contribution < 1.29 is 0 Å². The van der Waals surface area contributed by atoms with Gasteiger partial charge in [0.2, 0.25) is 0 Å². The SMILES string of the molecule is Cc1cccnc1CN(CCCN)C(C)C. The van der Waals surface area contributed by atoms with Crippen molar-refractivity contribution in [2.45, 2.75) is 39.8 Å². The van der Waals surface area contributed by atoms with Crippen LogP contribution in [0.1, 0.15) is 31.5 Å². The zero-order chi connectivity index (χ0) is 12.0. The Labute approximate surface area is 98.7 Å². The average Bonchev–Trinajstić information content (AvgIpc) is 2.26. The van der Waals surface area contributed by atoms with E-state index in [-0.39, 0.29) is 0 Å². The third-order valence-corrected chi connectivity index (χ3v) is 2.85. The first kappa shape index (κ1) is 13.1. The van der Waals surface area contributed by atoms with E-state index in [0.29, 0.717) is 6.04 Å². The summed E-state index contributed by atoms with van der Waals surface area (Å²) in [5, 5.41) is 0. The molecule has 1 heterocycles. The minimum Gasteiger partial charge on any atom is -0.330 e. The lowest BCUT2D eigenvalue weighted by Crippen LogP contribution is -2.32. The number of nitrogens with two attached hydrogens (primary N) is 1. The molecular formula is C13H23N3. The molecule has 0 unspecified atom stereocenters. The summed E-state index contributed by atoms with van der Waals surface area (Å²) < 4.78 is 0.